The average molecular weight is 581 g/mol. The van der Waals surface area contributed by atoms with Gasteiger partial charge in [0.2, 0.25) is 5.84 Å². The topological polar surface area (TPSA) is 134 Å². The van der Waals surface area contributed by atoms with Crippen molar-refractivity contribution in [3.8, 4) is 16.9 Å². The number of amides is 1. The molecular weight excluding hydrogens is 544 g/mol. The fourth-order valence-corrected chi connectivity index (χ4v) is 7.14. The van der Waals surface area contributed by atoms with Gasteiger partial charge in [-0.05, 0) is 69.2 Å². The van der Waals surface area contributed by atoms with Gasteiger partial charge in [0.05, 0.1) is 24.3 Å². The SMILES string of the molecule is COc1cc2c(cc1-c1c(C)noc1C)NC1N=C(C(=O)NC3CCC(CO)CC3)N=C(C3C=CN=C4C=CC=CC43)C21. The van der Waals surface area contributed by atoms with E-state index in [4.69, 9.17) is 19.2 Å². The monoisotopic (exact) mass is 580 g/mol. The normalized spacial score (nSPS) is 28.6. The lowest BCUT2D eigenvalue weighted by atomic mass is 9.75. The first kappa shape index (κ1) is 27.5. The van der Waals surface area contributed by atoms with Gasteiger partial charge in [0.25, 0.3) is 5.91 Å². The fourth-order valence-electron chi connectivity index (χ4n) is 7.14. The van der Waals surface area contributed by atoms with Crippen LogP contribution in [0.1, 0.15) is 48.6 Å². The Labute approximate surface area is 250 Å². The predicted molar refractivity (Wildman–Crippen MR) is 166 cm³/mol. The second kappa shape index (κ2) is 11.1. The number of methoxy groups -OCH3 is 1. The number of hydrogen-bond donors (Lipinski definition) is 3. The van der Waals surface area contributed by atoms with Crippen molar-refractivity contribution >= 4 is 28.9 Å². The molecule has 4 heterocycles. The summed E-state index contributed by atoms with van der Waals surface area (Å²) >= 11 is 0. The molecule has 0 bridgehead atoms. The minimum atomic E-state index is -0.406. The van der Waals surface area contributed by atoms with Crippen LogP contribution in [-0.2, 0) is 4.79 Å². The van der Waals surface area contributed by atoms with E-state index >= 15 is 0 Å². The van der Waals surface area contributed by atoms with Gasteiger partial charge in [-0.25, -0.2) is 9.98 Å². The van der Waals surface area contributed by atoms with Crippen LogP contribution in [0.2, 0.25) is 0 Å². The van der Waals surface area contributed by atoms with Crippen LogP contribution < -0.4 is 15.4 Å². The number of nitrogens with zero attached hydrogens (tertiary/aromatic N) is 4. The third-order valence-corrected chi connectivity index (χ3v) is 9.37. The number of carbonyl (C=O) groups excluding carboxylic acids is 1. The van der Waals surface area contributed by atoms with Crippen LogP contribution in [0.5, 0.6) is 5.75 Å². The number of aryl methyl sites for hydroxylation is 2. The highest BCUT2D eigenvalue weighted by Gasteiger charge is 2.45. The van der Waals surface area contributed by atoms with Crippen molar-refractivity contribution in [1.29, 1.82) is 0 Å². The quantitative estimate of drug-likeness (QED) is 0.456. The van der Waals surface area contributed by atoms with Gasteiger partial charge < -0.3 is 25.0 Å². The Kier molecular flexibility index (Phi) is 7.09. The lowest BCUT2D eigenvalue weighted by Crippen LogP contribution is -2.45. The standard InChI is InChI=1S/C33H36N6O4/c1-17-28(18(2)43-39-17)24-14-26-23(15-27(24)42-3)29-30(22-12-13-34-25-7-5-4-6-21(22)25)37-32(38-31(29)36-26)33(41)35-20-10-8-19(16-40)9-11-20/h4-7,12-15,19-22,29,31,36,40H,8-11,16H2,1-3H3,(H,35,41). The summed E-state index contributed by atoms with van der Waals surface area (Å²) < 4.78 is 11.4. The van der Waals surface area contributed by atoms with Crippen molar-refractivity contribution in [1.82, 2.24) is 10.5 Å². The second-order valence-corrected chi connectivity index (χ2v) is 12.0. The van der Waals surface area contributed by atoms with Gasteiger partial charge in [0.15, 0.2) is 0 Å². The molecule has 0 saturated heterocycles. The molecule has 3 aliphatic heterocycles. The van der Waals surface area contributed by atoms with E-state index < -0.39 is 6.17 Å². The average Bonchev–Trinajstić information content (AvgIpc) is 3.57. The zero-order chi connectivity index (χ0) is 29.7. The Morgan fingerprint density at radius 1 is 1.14 bits per heavy atom. The number of ether oxygens (including phenoxy) is 1. The number of rotatable bonds is 6. The first-order valence-electron chi connectivity index (χ1n) is 15.0. The number of nitrogens with one attached hydrogen (secondary N) is 2. The summed E-state index contributed by atoms with van der Waals surface area (Å²) in [7, 11) is 1.67. The number of amidine groups is 1. The molecule has 2 aromatic rings. The molecular formula is C33H36N6O4. The highest BCUT2D eigenvalue weighted by molar-refractivity contribution is 6.41. The van der Waals surface area contributed by atoms with Gasteiger partial charge in [0.1, 0.15) is 17.7 Å². The first-order chi connectivity index (χ1) is 20.9. The number of allylic oxidation sites excluding steroid dienone is 5. The maximum atomic E-state index is 13.6. The van der Waals surface area contributed by atoms with E-state index in [0.717, 1.165) is 70.9 Å². The van der Waals surface area contributed by atoms with E-state index in [-0.39, 0.29) is 42.1 Å². The van der Waals surface area contributed by atoms with Crippen molar-refractivity contribution in [2.75, 3.05) is 19.0 Å². The number of aromatic nitrogens is 1. The molecule has 1 aromatic heterocycles. The molecule has 7 rings (SSSR count). The van der Waals surface area contributed by atoms with Crippen molar-refractivity contribution in [2.45, 2.75) is 57.7 Å². The molecule has 0 spiro atoms. The Bertz CT molecular complexity index is 1620. The Morgan fingerprint density at radius 2 is 1.98 bits per heavy atom. The lowest BCUT2D eigenvalue weighted by Gasteiger charge is -2.34. The van der Waals surface area contributed by atoms with Gasteiger partial charge in [-0.1, -0.05) is 29.5 Å². The number of aliphatic hydroxyl groups is 1. The summed E-state index contributed by atoms with van der Waals surface area (Å²) in [6.07, 6.45) is 15.2. The third-order valence-electron chi connectivity index (χ3n) is 9.37. The van der Waals surface area contributed by atoms with E-state index in [1.807, 2.05) is 38.3 Å². The minimum absolute atomic E-state index is 0.0121. The van der Waals surface area contributed by atoms with E-state index in [0.29, 0.717) is 11.7 Å². The van der Waals surface area contributed by atoms with Crippen LogP contribution in [0, 0.1) is 31.6 Å². The molecule has 4 atom stereocenters. The van der Waals surface area contributed by atoms with Crippen LogP contribution in [-0.4, -0.2) is 59.4 Å². The minimum Gasteiger partial charge on any atom is -0.496 e. The molecule has 10 nitrogen and oxygen atoms in total. The summed E-state index contributed by atoms with van der Waals surface area (Å²) in [6.45, 7) is 4.01. The van der Waals surface area contributed by atoms with Gasteiger partial charge >= 0.3 is 0 Å². The summed E-state index contributed by atoms with van der Waals surface area (Å²) in [5, 5.41) is 20.5. The summed E-state index contributed by atoms with van der Waals surface area (Å²) in [5.74, 6) is 1.38. The van der Waals surface area contributed by atoms with Gasteiger partial charge in [0, 0.05) is 53.4 Å². The summed E-state index contributed by atoms with van der Waals surface area (Å²) in [6, 6.07) is 4.17. The van der Waals surface area contributed by atoms with Crippen molar-refractivity contribution < 1.29 is 19.2 Å². The largest absolute Gasteiger partial charge is 0.496 e. The molecule has 2 aliphatic carbocycles. The number of carbonyl (C=O) groups is 1. The van der Waals surface area contributed by atoms with Gasteiger partial charge in [-0.15, -0.1) is 0 Å². The molecule has 5 aliphatic rings. The summed E-state index contributed by atoms with van der Waals surface area (Å²) in [4.78, 5) is 28.2. The molecule has 1 fully saturated rings. The molecule has 43 heavy (non-hydrogen) atoms. The van der Waals surface area contributed by atoms with Crippen molar-refractivity contribution in [3.63, 3.8) is 0 Å². The summed E-state index contributed by atoms with van der Waals surface area (Å²) in [5.41, 5.74) is 6.36. The van der Waals surface area contributed by atoms with Gasteiger partial charge in [-0.2, -0.15) is 0 Å². The van der Waals surface area contributed by atoms with E-state index in [9.17, 15) is 9.90 Å². The van der Waals surface area contributed by atoms with Crippen LogP contribution in [0.25, 0.3) is 11.1 Å². The second-order valence-electron chi connectivity index (χ2n) is 12.0. The number of hydrogen-bond acceptors (Lipinski definition) is 9. The van der Waals surface area contributed by atoms with Crippen molar-refractivity contribution in [2.24, 2.45) is 32.7 Å². The van der Waals surface area contributed by atoms with Crippen LogP contribution in [0.4, 0.5) is 5.69 Å². The van der Waals surface area contributed by atoms with Crippen LogP contribution >= 0.6 is 0 Å². The smallest absolute Gasteiger partial charge is 0.289 e. The maximum absolute atomic E-state index is 13.6. The van der Waals surface area contributed by atoms with Crippen LogP contribution in [0.15, 0.2) is 68.2 Å². The molecule has 1 saturated carbocycles. The van der Waals surface area contributed by atoms with E-state index in [1.165, 1.54) is 0 Å². The number of fused-ring (bicyclic) bond motifs is 4. The number of aliphatic hydroxyl groups excluding tert-OH is 1. The molecule has 4 unspecified atom stereocenters. The van der Waals surface area contributed by atoms with Crippen molar-refractivity contribution in [3.05, 3.63) is 65.7 Å². The molecule has 1 amide bonds. The number of benzene rings is 1. The fraction of sp³-hybridized carbons (Fsp3) is 0.424. The highest BCUT2D eigenvalue weighted by atomic mass is 16.5. The molecule has 1 aromatic carbocycles. The molecule has 10 heteroatoms. The van der Waals surface area contributed by atoms with E-state index in [2.05, 4.69) is 45.1 Å². The maximum Gasteiger partial charge on any atom is 0.289 e. The molecule has 222 valence electrons. The first-order valence-corrected chi connectivity index (χ1v) is 15.0. The van der Waals surface area contributed by atoms with Gasteiger partial charge in [-0.3, -0.25) is 9.79 Å². The van der Waals surface area contributed by atoms with E-state index in [1.54, 1.807) is 7.11 Å². The third kappa shape index (κ3) is 4.83. The lowest BCUT2D eigenvalue weighted by molar-refractivity contribution is -0.115. The number of anilines is 1. The molecule has 0 radical (unpaired) electrons. The zero-order valence-electron chi connectivity index (χ0n) is 24.6. The predicted octanol–water partition coefficient (Wildman–Crippen LogP) is 4.65. The number of aliphatic imine (C=N–C) groups is 3. The Morgan fingerprint density at radius 3 is 2.72 bits per heavy atom. The zero-order valence-corrected chi connectivity index (χ0v) is 24.6. The Balaban J connectivity index is 1.27. The molecule has 3 N–H and O–H groups in total. The Hall–Kier alpha value is -4.31. The van der Waals surface area contributed by atoms with Crippen LogP contribution in [0.3, 0.4) is 0 Å². The highest BCUT2D eigenvalue weighted by Crippen LogP contribution is 2.48.